The zero-order valence-electron chi connectivity index (χ0n) is 12.2. The Morgan fingerprint density at radius 3 is 2.76 bits per heavy atom. The van der Waals surface area contributed by atoms with Gasteiger partial charge in [0.25, 0.3) is 0 Å². The molecule has 0 bridgehead atoms. The molecule has 1 heterocycles. The predicted molar refractivity (Wildman–Crippen MR) is 78.5 cm³/mol. The lowest BCUT2D eigenvalue weighted by Gasteiger charge is -2.30. The molecule has 1 saturated heterocycles. The Labute approximate surface area is 124 Å². The van der Waals surface area contributed by atoms with Gasteiger partial charge in [-0.05, 0) is 37.5 Å². The van der Waals surface area contributed by atoms with Crippen LogP contribution in [-0.4, -0.2) is 44.9 Å². The smallest absolute Gasteiger partial charge is 0.338 e. The van der Waals surface area contributed by atoms with Crippen LogP contribution in [0.3, 0.4) is 0 Å². The molecule has 21 heavy (non-hydrogen) atoms. The average molecular weight is 312 g/mol. The van der Waals surface area contributed by atoms with Gasteiger partial charge in [0.05, 0.1) is 17.6 Å². The van der Waals surface area contributed by atoms with E-state index in [0.29, 0.717) is 18.7 Å². The molecule has 1 fully saturated rings. The van der Waals surface area contributed by atoms with Gasteiger partial charge in [-0.1, -0.05) is 6.07 Å². The fourth-order valence-electron chi connectivity index (χ4n) is 2.56. The predicted octanol–water partition coefficient (Wildman–Crippen LogP) is 0.893. The van der Waals surface area contributed by atoms with Crippen molar-refractivity contribution in [2.45, 2.75) is 30.7 Å². The Kier molecular flexibility index (Phi) is 4.65. The maximum atomic E-state index is 12.7. The van der Waals surface area contributed by atoms with Gasteiger partial charge in [0.15, 0.2) is 0 Å². The monoisotopic (exact) mass is 312 g/mol. The summed E-state index contributed by atoms with van der Waals surface area (Å²) in [6.45, 7) is 2.38. The van der Waals surface area contributed by atoms with Gasteiger partial charge in [-0.25, -0.2) is 13.2 Å². The van der Waals surface area contributed by atoms with Crippen molar-refractivity contribution in [1.82, 2.24) is 4.31 Å². The number of methoxy groups -OCH3 is 1. The molecule has 2 N–H and O–H groups in total. The van der Waals surface area contributed by atoms with Crippen molar-refractivity contribution in [3.05, 3.63) is 29.3 Å². The van der Waals surface area contributed by atoms with Crippen molar-refractivity contribution in [3.8, 4) is 0 Å². The number of nitrogens with zero attached hydrogens (tertiary/aromatic N) is 1. The van der Waals surface area contributed by atoms with Crippen LogP contribution in [0.15, 0.2) is 23.1 Å². The highest BCUT2D eigenvalue weighted by atomic mass is 32.2. The summed E-state index contributed by atoms with van der Waals surface area (Å²) in [5.41, 5.74) is 6.53. The lowest BCUT2D eigenvalue weighted by molar-refractivity contribution is 0.0599. The van der Waals surface area contributed by atoms with E-state index < -0.39 is 16.0 Å². The summed E-state index contributed by atoms with van der Waals surface area (Å²) in [5, 5.41) is 0. The molecule has 116 valence electrons. The van der Waals surface area contributed by atoms with Crippen molar-refractivity contribution in [1.29, 1.82) is 0 Å². The first-order chi connectivity index (χ1) is 9.87. The van der Waals surface area contributed by atoms with Crippen LogP contribution in [0.2, 0.25) is 0 Å². The van der Waals surface area contributed by atoms with Crippen molar-refractivity contribution in [2.24, 2.45) is 5.73 Å². The molecule has 6 nitrogen and oxygen atoms in total. The van der Waals surface area contributed by atoms with Crippen LogP contribution >= 0.6 is 0 Å². The number of piperidine rings is 1. The first-order valence-corrected chi connectivity index (χ1v) is 8.25. The number of benzene rings is 1. The molecule has 0 spiro atoms. The lowest BCUT2D eigenvalue weighted by atomic mass is 10.1. The maximum Gasteiger partial charge on any atom is 0.338 e. The third kappa shape index (κ3) is 3.09. The van der Waals surface area contributed by atoms with Crippen molar-refractivity contribution in [3.63, 3.8) is 0 Å². The minimum atomic E-state index is -3.64. The minimum absolute atomic E-state index is 0.138. The molecule has 0 saturated carbocycles. The van der Waals surface area contributed by atoms with E-state index in [2.05, 4.69) is 4.74 Å². The van der Waals surface area contributed by atoms with E-state index in [-0.39, 0.29) is 16.5 Å². The fourth-order valence-corrected chi connectivity index (χ4v) is 4.34. The molecule has 0 aliphatic carbocycles. The summed E-state index contributed by atoms with van der Waals surface area (Å²) in [4.78, 5) is 11.8. The zero-order valence-corrected chi connectivity index (χ0v) is 13.0. The topological polar surface area (TPSA) is 89.7 Å². The third-order valence-corrected chi connectivity index (χ3v) is 5.74. The average Bonchev–Trinajstić information content (AvgIpc) is 2.46. The molecule has 1 aromatic carbocycles. The summed E-state index contributed by atoms with van der Waals surface area (Å²) in [6.07, 6.45) is 1.57. The molecule has 2 rings (SSSR count). The first kappa shape index (κ1) is 15.9. The Morgan fingerprint density at radius 1 is 1.43 bits per heavy atom. The molecular weight excluding hydrogens is 292 g/mol. The lowest BCUT2D eigenvalue weighted by Crippen LogP contribution is -2.45. The number of esters is 1. The molecule has 1 aliphatic rings. The summed E-state index contributed by atoms with van der Waals surface area (Å²) in [6, 6.07) is 4.48. The van der Waals surface area contributed by atoms with Crippen molar-refractivity contribution in [2.75, 3.05) is 20.2 Å². The van der Waals surface area contributed by atoms with Gasteiger partial charge in [0, 0.05) is 19.1 Å². The van der Waals surface area contributed by atoms with Crippen LogP contribution in [0.5, 0.6) is 0 Å². The summed E-state index contributed by atoms with van der Waals surface area (Å²) >= 11 is 0. The van der Waals surface area contributed by atoms with Gasteiger partial charge in [-0.3, -0.25) is 0 Å². The van der Waals surface area contributed by atoms with E-state index >= 15 is 0 Å². The number of sulfonamides is 1. The van der Waals surface area contributed by atoms with E-state index in [1.165, 1.54) is 17.5 Å². The van der Waals surface area contributed by atoms with Crippen LogP contribution in [0.25, 0.3) is 0 Å². The minimum Gasteiger partial charge on any atom is -0.465 e. The number of hydrogen-bond acceptors (Lipinski definition) is 5. The highest BCUT2D eigenvalue weighted by Crippen LogP contribution is 2.25. The summed E-state index contributed by atoms with van der Waals surface area (Å²) in [5.74, 6) is -0.542. The molecule has 0 aromatic heterocycles. The number of carbonyl (C=O) groups is 1. The van der Waals surface area contributed by atoms with Crippen LogP contribution < -0.4 is 5.73 Å². The Balaban J connectivity index is 2.43. The van der Waals surface area contributed by atoms with E-state index in [9.17, 15) is 13.2 Å². The van der Waals surface area contributed by atoms with Crippen LogP contribution in [0, 0.1) is 6.92 Å². The fraction of sp³-hybridized carbons (Fsp3) is 0.500. The molecule has 0 amide bonds. The molecule has 7 heteroatoms. The van der Waals surface area contributed by atoms with Gasteiger partial charge >= 0.3 is 5.97 Å². The standard InChI is InChI=1S/C14H20N2O4S/c1-10-12(14(17)20-2)6-3-7-13(10)21(18,19)16-8-4-5-11(15)9-16/h3,6-7,11H,4-5,8-9,15H2,1-2H3. The number of ether oxygens (including phenoxy) is 1. The van der Waals surface area contributed by atoms with Gasteiger partial charge in [0.2, 0.25) is 10.0 Å². The zero-order chi connectivity index (χ0) is 15.6. The van der Waals surface area contributed by atoms with Crippen molar-refractivity contribution >= 4 is 16.0 Å². The second kappa shape index (κ2) is 6.13. The quantitative estimate of drug-likeness (QED) is 0.837. The maximum absolute atomic E-state index is 12.7. The van der Waals surface area contributed by atoms with E-state index in [1.54, 1.807) is 19.1 Å². The highest BCUT2D eigenvalue weighted by Gasteiger charge is 2.31. The molecule has 1 aliphatic heterocycles. The molecule has 1 unspecified atom stereocenters. The second-order valence-electron chi connectivity index (χ2n) is 5.19. The van der Waals surface area contributed by atoms with Gasteiger partial charge in [-0.15, -0.1) is 0 Å². The van der Waals surface area contributed by atoms with E-state index in [4.69, 9.17) is 5.73 Å². The van der Waals surface area contributed by atoms with Crippen LogP contribution in [-0.2, 0) is 14.8 Å². The third-order valence-electron chi connectivity index (χ3n) is 3.73. The molecule has 1 atom stereocenters. The number of carbonyl (C=O) groups excluding carboxylic acids is 1. The molecule has 0 radical (unpaired) electrons. The summed E-state index contributed by atoms with van der Waals surface area (Å²) in [7, 11) is -2.37. The Hall–Kier alpha value is -1.44. The summed E-state index contributed by atoms with van der Waals surface area (Å²) < 4.78 is 31.5. The molecular formula is C14H20N2O4S. The largest absolute Gasteiger partial charge is 0.465 e. The van der Waals surface area contributed by atoms with Gasteiger partial charge in [0.1, 0.15) is 0 Å². The normalized spacial score (nSPS) is 20.2. The number of rotatable bonds is 3. The SMILES string of the molecule is COC(=O)c1cccc(S(=O)(=O)N2CCCC(N)C2)c1C. The Bertz CT molecular complexity index is 642. The number of hydrogen-bond donors (Lipinski definition) is 1. The first-order valence-electron chi connectivity index (χ1n) is 6.81. The van der Waals surface area contributed by atoms with Crippen molar-refractivity contribution < 1.29 is 17.9 Å². The second-order valence-corrected chi connectivity index (χ2v) is 7.09. The number of nitrogens with two attached hydrogens (primary N) is 1. The van der Waals surface area contributed by atoms with Gasteiger partial charge < -0.3 is 10.5 Å². The highest BCUT2D eigenvalue weighted by molar-refractivity contribution is 7.89. The van der Waals surface area contributed by atoms with E-state index in [1.807, 2.05) is 0 Å². The Morgan fingerprint density at radius 2 is 2.14 bits per heavy atom. The molecule has 1 aromatic rings. The van der Waals surface area contributed by atoms with Crippen LogP contribution in [0.4, 0.5) is 0 Å². The van der Waals surface area contributed by atoms with E-state index in [0.717, 1.165) is 12.8 Å². The van der Waals surface area contributed by atoms with Gasteiger partial charge in [-0.2, -0.15) is 4.31 Å². The van der Waals surface area contributed by atoms with Crippen LogP contribution in [0.1, 0.15) is 28.8 Å².